The summed E-state index contributed by atoms with van der Waals surface area (Å²) in [5, 5.41) is 3.80. The van der Waals surface area contributed by atoms with Crippen LogP contribution >= 0.6 is 0 Å². The molecule has 1 saturated heterocycles. The third-order valence-corrected chi connectivity index (χ3v) is 5.72. The molecule has 0 atom stereocenters. The molecular weight excluding hydrogens is 355 g/mol. The Morgan fingerprint density at radius 3 is 2.46 bits per heavy atom. The van der Waals surface area contributed by atoms with Gasteiger partial charge in [0.1, 0.15) is 5.82 Å². The summed E-state index contributed by atoms with van der Waals surface area (Å²) < 4.78 is 39.3. The SMILES string of the molecule is O=C(NCc1ccccc1F)C1CN(S(=O)(=O)/C=C/c2ccccc2)C1. The second kappa shape index (κ2) is 7.80. The Morgan fingerprint density at radius 2 is 1.77 bits per heavy atom. The molecule has 3 rings (SSSR count). The molecular formula is C19H19FN2O3S. The first-order chi connectivity index (χ1) is 12.5. The summed E-state index contributed by atoms with van der Waals surface area (Å²) in [5.74, 6) is -1.06. The monoisotopic (exact) mass is 374 g/mol. The minimum absolute atomic E-state index is 0.0860. The number of halogens is 1. The average Bonchev–Trinajstić information content (AvgIpc) is 2.59. The van der Waals surface area contributed by atoms with Crippen LogP contribution < -0.4 is 5.32 Å². The Bertz CT molecular complexity index is 907. The van der Waals surface area contributed by atoms with Gasteiger partial charge in [0.25, 0.3) is 0 Å². The van der Waals surface area contributed by atoms with E-state index in [1.165, 1.54) is 16.4 Å². The molecule has 0 saturated carbocycles. The van der Waals surface area contributed by atoms with Gasteiger partial charge >= 0.3 is 0 Å². The number of nitrogens with one attached hydrogen (secondary N) is 1. The highest BCUT2D eigenvalue weighted by atomic mass is 32.2. The maximum Gasteiger partial charge on any atom is 0.236 e. The third-order valence-electron chi connectivity index (χ3n) is 4.22. The molecule has 2 aromatic rings. The number of sulfonamides is 1. The van der Waals surface area contributed by atoms with E-state index in [2.05, 4.69) is 5.32 Å². The van der Waals surface area contributed by atoms with Crippen LogP contribution in [0.15, 0.2) is 60.0 Å². The molecule has 0 aromatic heterocycles. The minimum Gasteiger partial charge on any atom is -0.352 e. The highest BCUT2D eigenvalue weighted by Crippen LogP contribution is 2.21. The predicted octanol–water partition coefficient (Wildman–Crippen LogP) is 2.37. The number of carbonyl (C=O) groups excluding carboxylic acids is 1. The van der Waals surface area contributed by atoms with Gasteiger partial charge in [-0.15, -0.1) is 0 Å². The van der Waals surface area contributed by atoms with Crippen molar-refractivity contribution in [3.63, 3.8) is 0 Å². The Kier molecular flexibility index (Phi) is 5.49. The van der Waals surface area contributed by atoms with E-state index in [4.69, 9.17) is 0 Å². The van der Waals surface area contributed by atoms with Crippen LogP contribution in [-0.2, 0) is 21.4 Å². The molecule has 0 radical (unpaired) electrons. The van der Waals surface area contributed by atoms with Crippen LogP contribution in [-0.4, -0.2) is 31.7 Å². The smallest absolute Gasteiger partial charge is 0.236 e. The summed E-state index contributed by atoms with van der Waals surface area (Å²) in [5.41, 5.74) is 1.19. The highest BCUT2D eigenvalue weighted by molar-refractivity contribution is 7.92. The van der Waals surface area contributed by atoms with Crippen molar-refractivity contribution in [2.24, 2.45) is 5.92 Å². The fraction of sp³-hybridized carbons (Fsp3) is 0.211. The number of amides is 1. The highest BCUT2D eigenvalue weighted by Gasteiger charge is 2.38. The first-order valence-electron chi connectivity index (χ1n) is 8.20. The minimum atomic E-state index is -3.55. The van der Waals surface area contributed by atoms with Gasteiger partial charge in [0.05, 0.1) is 5.92 Å². The van der Waals surface area contributed by atoms with E-state index in [-0.39, 0.29) is 31.4 Å². The lowest BCUT2D eigenvalue weighted by molar-refractivity contribution is -0.128. The van der Waals surface area contributed by atoms with Crippen molar-refractivity contribution in [3.8, 4) is 0 Å². The topological polar surface area (TPSA) is 66.5 Å². The van der Waals surface area contributed by atoms with Crippen LogP contribution in [0.5, 0.6) is 0 Å². The predicted molar refractivity (Wildman–Crippen MR) is 97.7 cm³/mol. The van der Waals surface area contributed by atoms with E-state index in [0.717, 1.165) is 11.0 Å². The zero-order valence-electron chi connectivity index (χ0n) is 14.0. The van der Waals surface area contributed by atoms with E-state index in [1.54, 1.807) is 30.3 Å². The first kappa shape index (κ1) is 18.3. The van der Waals surface area contributed by atoms with Gasteiger partial charge in [0.15, 0.2) is 0 Å². The van der Waals surface area contributed by atoms with Crippen LogP contribution in [0.3, 0.4) is 0 Å². The molecule has 0 aliphatic carbocycles. The lowest BCUT2D eigenvalue weighted by Gasteiger charge is -2.36. The average molecular weight is 374 g/mol. The van der Waals surface area contributed by atoms with E-state index >= 15 is 0 Å². The number of hydrogen-bond acceptors (Lipinski definition) is 3. The fourth-order valence-corrected chi connectivity index (χ4v) is 3.87. The number of nitrogens with zero attached hydrogens (tertiary/aromatic N) is 1. The van der Waals surface area contributed by atoms with Crippen molar-refractivity contribution in [3.05, 3.63) is 76.9 Å². The molecule has 0 spiro atoms. The Labute approximate surface area is 152 Å². The molecule has 1 fully saturated rings. The Balaban J connectivity index is 1.50. The van der Waals surface area contributed by atoms with Crippen molar-refractivity contribution in [2.45, 2.75) is 6.54 Å². The molecule has 26 heavy (non-hydrogen) atoms. The van der Waals surface area contributed by atoms with Crippen molar-refractivity contribution < 1.29 is 17.6 Å². The lowest BCUT2D eigenvalue weighted by Crippen LogP contribution is -2.55. The van der Waals surface area contributed by atoms with Gasteiger partial charge in [0.2, 0.25) is 15.9 Å². The second-order valence-corrected chi connectivity index (χ2v) is 7.90. The van der Waals surface area contributed by atoms with Gasteiger partial charge in [-0.25, -0.2) is 12.8 Å². The quantitative estimate of drug-likeness (QED) is 0.844. The molecule has 7 heteroatoms. The fourth-order valence-electron chi connectivity index (χ4n) is 2.59. The zero-order valence-corrected chi connectivity index (χ0v) is 14.8. The number of carbonyl (C=O) groups is 1. The van der Waals surface area contributed by atoms with Gasteiger partial charge in [-0.2, -0.15) is 4.31 Å². The van der Waals surface area contributed by atoms with Crippen LogP contribution in [0.2, 0.25) is 0 Å². The maximum atomic E-state index is 13.5. The molecule has 136 valence electrons. The molecule has 1 amide bonds. The van der Waals surface area contributed by atoms with E-state index < -0.39 is 15.9 Å². The van der Waals surface area contributed by atoms with Crippen LogP contribution in [0.4, 0.5) is 4.39 Å². The Hall–Kier alpha value is -2.51. The maximum absolute atomic E-state index is 13.5. The summed E-state index contributed by atoms with van der Waals surface area (Å²) in [7, 11) is -3.55. The van der Waals surface area contributed by atoms with Crippen molar-refractivity contribution >= 4 is 22.0 Å². The lowest BCUT2D eigenvalue weighted by atomic mass is 10.0. The standard InChI is InChI=1S/C19H19FN2O3S/c20-18-9-5-4-8-16(18)12-21-19(23)17-13-22(14-17)26(24,25)11-10-15-6-2-1-3-7-15/h1-11,17H,12-14H2,(H,21,23)/b11-10+. The molecule has 1 aliphatic rings. The van der Waals surface area contributed by atoms with Gasteiger partial charge in [-0.1, -0.05) is 48.5 Å². The third kappa shape index (κ3) is 4.36. The van der Waals surface area contributed by atoms with Crippen molar-refractivity contribution in [1.29, 1.82) is 0 Å². The summed E-state index contributed by atoms with van der Waals surface area (Å²) in [6.45, 7) is 0.345. The summed E-state index contributed by atoms with van der Waals surface area (Å²) in [6, 6.07) is 15.3. The van der Waals surface area contributed by atoms with Gasteiger partial charge in [-0.3, -0.25) is 4.79 Å². The zero-order chi connectivity index (χ0) is 18.6. The van der Waals surface area contributed by atoms with Gasteiger partial charge in [-0.05, 0) is 17.7 Å². The molecule has 1 heterocycles. The molecule has 0 unspecified atom stereocenters. The molecule has 1 N–H and O–H groups in total. The van der Waals surface area contributed by atoms with Crippen LogP contribution in [0.1, 0.15) is 11.1 Å². The molecule has 2 aromatic carbocycles. The summed E-state index contributed by atoms with van der Waals surface area (Å²) >= 11 is 0. The van der Waals surface area contributed by atoms with Crippen molar-refractivity contribution in [2.75, 3.05) is 13.1 Å². The van der Waals surface area contributed by atoms with E-state index in [9.17, 15) is 17.6 Å². The van der Waals surface area contributed by atoms with Crippen LogP contribution in [0.25, 0.3) is 6.08 Å². The van der Waals surface area contributed by atoms with E-state index in [0.29, 0.717) is 5.56 Å². The Morgan fingerprint density at radius 1 is 1.12 bits per heavy atom. The number of hydrogen-bond donors (Lipinski definition) is 1. The number of benzene rings is 2. The number of rotatable bonds is 6. The van der Waals surface area contributed by atoms with Gasteiger partial charge < -0.3 is 5.32 Å². The summed E-state index contributed by atoms with van der Waals surface area (Å²) in [4.78, 5) is 12.1. The first-order valence-corrected chi connectivity index (χ1v) is 9.70. The largest absolute Gasteiger partial charge is 0.352 e. The molecule has 0 bridgehead atoms. The van der Waals surface area contributed by atoms with Crippen LogP contribution in [0, 0.1) is 11.7 Å². The van der Waals surface area contributed by atoms with Crippen molar-refractivity contribution in [1.82, 2.24) is 9.62 Å². The molecule has 1 aliphatic heterocycles. The van der Waals surface area contributed by atoms with E-state index in [1.807, 2.05) is 18.2 Å². The normalized spacial score (nSPS) is 15.7. The second-order valence-electron chi connectivity index (χ2n) is 6.08. The summed E-state index contributed by atoms with van der Waals surface area (Å²) in [6.07, 6.45) is 1.53. The van der Waals surface area contributed by atoms with Gasteiger partial charge in [0, 0.05) is 30.6 Å². The molecule has 5 nitrogen and oxygen atoms in total.